The topological polar surface area (TPSA) is 38.7 Å². The molecular weight excluding hydrogens is 452 g/mol. The summed E-state index contributed by atoms with van der Waals surface area (Å²) in [5.41, 5.74) is 0. The van der Waals surface area contributed by atoms with Crippen molar-refractivity contribution >= 4 is 27.0 Å². The molecule has 0 radical (unpaired) electrons. The van der Waals surface area contributed by atoms with E-state index in [0.29, 0.717) is 6.61 Å². The van der Waals surface area contributed by atoms with Crippen molar-refractivity contribution in [2.75, 3.05) is 13.2 Å². The third kappa shape index (κ3) is 6.30. The first-order valence-corrected chi connectivity index (χ1v) is 17.6. The van der Waals surface area contributed by atoms with Crippen LogP contribution < -0.4 is 10.4 Å². The summed E-state index contributed by atoms with van der Waals surface area (Å²) in [5, 5.41) is 12.6. The molecule has 0 amide bonds. The Morgan fingerprint density at radius 3 is 1.56 bits per heavy atom. The minimum absolute atomic E-state index is 0.00488. The zero-order valence-electron chi connectivity index (χ0n) is 22.8. The van der Waals surface area contributed by atoms with E-state index in [0.717, 1.165) is 18.1 Å². The predicted molar refractivity (Wildman–Crippen MR) is 151 cm³/mol. The summed E-state index contributed by atoms with van der Waals surface area (Å²) < 4.78 is 14.2. The summed E-state index contributed by atoms with van der Waals surface area (Å²) in [6.45, 7) is 18.9. The van der Waals surface area contributed by atoms with Crippen molar-refractivity contribution in [3.05, 3.63) is 60.7 Å². The third-order valence-electron chi connectivity index (χ3n) is 7.71. The first kappa shape index (κ1) is 29.0. The highest BCUT2D eigenvalue weighted by atomic mass is 28.4. The summed E-state index contributed by atoms with van der Waals surface area (Å²) in [6, 6.07) is 24.9. The van der Waals surface area contributed by atoms with Gasteiger partial charge >= 0.3 is 0 Å². The second kappa shape index (κ2) is 12.6. The van der Waals surface area contributed by atoms with Crippen LogP contribution in [0.5, 0.6) is 0 Å². The van der Waals surface area contributed by atoms with Crippen LogP contribution in [0.25, 0.3) is 0 Å². The van der Waals surface area contributed by atoms with Gasteiger partial charge in [0.2, 0.25) is 0 Å². The fraction of sp³-hybridized carbons (Fsp3) is 0.586. The average molecular weight is 501 g/mol. The zero-order chi connectivity index (χ0) is 25.4. The summed E-state index contributed by atoms with van der Waals surface area (Å²) in [6.07, 6.45) is -0.00488. The maximum atomic E-state index is 10.1. The van der Waals surface area contributed by atoms with Crippen LogP contribution in [0.3, 0.4) is 0 Å². The van der Waals surface area contributed by atoms with Gasteiger partial charge in [-0.25, -0.2) is 0 Å². The summed E-state index contributed by atoms with van der Waals surface area (Å²) in [7, 11) is -4.41. The molecule has 0 fully saturated rings. The average Bonchev–Trinajstić information content (AvgIpc) is 2.85. The Bertz CT molecular complexity index is 784. The molecule has 0 saturated heterocycles. The van der Waals surface area contributed by atoms with Gasteiger partial charge in [0.25, 0.3) is 8.32 Å². The Hall–Kier alpha value is -1.25. The van der Waals surface area contributed by atoms with Gasteiger partial charge in [0.1, 0.15) is 0 Å². The van der Waals surface area contributed by atoms with Crippen molar-refractivity contribution in [1.29, 1.82) is 0 Å². The van der Waals surface area contributed by atoms with Crippen LogP contribution in [0, 0.1) is 11.8 Å². The lowest BCUT2D eigenvalue weighted by Crippen LogP contribution is -2.67. The van der Waals surface area contributed by atoms with E-state index < -0.39 is 16.6 Å². The number of aliphatic hydroxyl groups is 1. The molecule has 0 aromatic heterocycles. The van der Waals surface area contributed by atoms with Crippen molar-refractivity contribution < 1.29 is 14.0 Å². The molecule has 0 spiro atoms. The Kier molecular flexibility index (Phi) is 10.8. The van der Waals surface area contributed by atoms with E-state index in [1.165, 1.54) is 10.4 Å². The molecule has 0 aliphatic carbocycles. The van der Waals surface area contributed by atoms with Gasteiger partial charge in [0, 0.05) is 25.0 Å². The molecule has 0 aliphatic heterocycles. The highest BCUT2D eigenvalue weighted by Crippen LogP contribution is 2.38. The molecule has 0 aliphatic rings. The summed E-state index contributed by atoms with van der Waals surface area (Å²) in [5.74, 6) is 0.259. The fourth-order valence-corrected chi connectivity index (χ4v) is 13.0. The van der Waals surface area contributed by atoms with E-state index in [4.69, 9.17) is 8.85 Å². The van der Waals surface area contributed by atoms with E-state index in [1.54, 1.807) is 0 Å². The summed E-state index contributed by atoms with van der Waals surface area (Å²) in [4.78, 5) is 0. The van der Waals surface area contributed by atoms with E-state index >= 15 is 0 Å². The normalized spacial score (nSPS) is 15.7. The molecule has 0 bridgehead atoms. The van der Waals surface area contributed by atoms with E-state index in [-0.39, 0.29) is 29.6 Å². The van der Waals surface area contributed by atoms with Crippen LogP contribution in [-0.4, -0.2) is 41.1 Å². The minimum atomic E-state index is -2.59. The van der Waals surface area contributed by atoms with E-state index in [1.807, 2.05) is 0 Å². The molecule has 0 unspecified atom stereocenters. The highest BCUT2D eigenvalue weighted by molar-refractivity contribution is 6.99. The zero-order valence-corrected chi connectivity index (χ0v) is 24.8. The van der Waals surface area contributed by atoms with E-state index in [2.05, 4.69) is 116 Å². The van der Waals surface area contributed by atoms with Crippen LogP contribution >= 0.6 is 0 Å². The molecule has 2 rings (SSSR count). The van der Waals surface area contributed by atoms with Crippen LogP contribution in [-0.2, 0) is 8.85 Å². The molecule has 3 atom stereocenters. The molecule has 1 N–H and O–H groups in total. The van der Waals surface area contributed by atoms with Gasteiger partial charge in [0.05, 0.1) is 6.10 Å². The molecule has 2 aromatic rings. The lowest BCUT2D eigenvalue weighted by molar-refractivity contribution is 0.0286. The Morgan fingerprint density at radius 1 is 0.765 bits per heavy atom. The maximum absolute atomic E-state index is 10.1. The first-order valence-electron chi connectivity index (χ1n) is 13.1. The molecule has 5 heteroatoms. The second-order valence-corrected chi connectivity index (χ2v) is 20.0. The second-order valence-electron chi connectivity index (χ2n) is 10.9. The minimum Gasteiger partial charge on any atom is -0.413 e. The van der Waals surface area contributed by atoms with Crippen LogP contribution in [0.4, 0.5) is 0 Å². The van der Waals surface area contributed by atoms with Gasteiger partial charge in [-0.05, 0) is 33.5 Å². The Morgan fingerprint density at radius 2 is 1.21 bits per heavy atom. The van der Waals surface area contributed by atoms with Gasteiger partial charge in [-0.1, -0.05) is 116 Å². The first-order chi connectivity index (χ1) is 16.1. The molecule has 34 heavy (non-hydrogen) atoms. The van der Waals surface area contributed by atoms with Gasteiger partial charge in [-0.2, -0.15) is 0 Å². The van der Waals surface area contributed by atoms with Crippen LogP contribution in [0.1, 0.15) is 55.4 Å². The third-order valence-corrected chi connectivity index (χ3v) is 17.4. The number of rotatable bonds is 13. The van der Waals surface area contributed by atoms with Crippen molar-refractivity contribution in [2.24, 2.45) is 11.8 Å². The number of aliphatic hydroxyl groups excluding tert-OH is 1. The van der Waals surface area contributed by atoms with Gasteiger partial charge < -0.3 is 14.0 Å². The molecule has 0 saturated carbocycles. The fourth-order valence-electron chi connectivity index (χ4n) is 5.30. The quantitative estimate of drug-likeness (QED) is 0.332. The number of hydrogen-bond donors (Lipinski definition) is 1. The molecular formula is C29H48O3Si2. The standard InChI is InChI=1S/C29H48O3Si2/c1-9-33(10-2,11-3)32-28(24(4)22-30)25(5)23-31-34(29(6,7)8,26-18-14-12-15-19-26)27-20-16-13-17-21-27/h12-21,24-25,28,30H,9-11,22-23H2,1-8H3/t24-,25-,28-/m0/s1. The van der Waals surface area contributed by atoms with Crippen molar-refractivity contribution in [3.8, 4) is 0 Å². The van der Waals surface area contributed by atoms with Crippen LogP contribution in [0.2, 0.25) is 23.2 Å². The Balaban J connectivity index is 2.47. The largest absolute Gasteiger partial charge is 0.413 e. The van der Waals surface area contributed by atoms with Crippen molar-refractivity contribution in [2.45, 2.75) is 84.7 Å². The predicted octanol–water partition coefficient (Wildman–Crippen LogP) is 6.22. The summed E-state index contributed by atoms with van der Waals surface area (Å²) >= 11 is 0. The van der Waals surface area contributed by atoms with E-state index in [9.17, 15) is 5.11 Å². The van der Waals surface area contributed by atoms with Crippen molar-refractivity contribution in [3.63, 3.8) is 0 Å². The van der Waals surface area contributed by atoms with Crippen LogP contribution in [0.15, 0.2) is 60.7 Å². The number of hydrogen-bond acceptors (Lipinski definition) is 3. The Labute approximate surface area is 211 Å². The molecule has 2 aromatic carbocycles. The monoisotopic (exact) mass is 500 g/mol. The molecule has 190 valence electrons. The van der Waals surface area contributed by atoms with Crippen molar-refractivity contribution in [1.82, 2.24) is 0 Å². The molecule has 0 heterocycles. The van der Waals surface area contributed by atoms with Gasteiger partial charge in [0.15, 0.2) is 8.32 Å². The lowest BCUT2D eigenvalue weighted by atomic mass is 9.95. The van der Waals surface area contributed by atoms with Gasteiger partial charge in [-0.15, -0.1) is 0 Å². The molecule has 3 nitrogen and oxygen atoms in total. The number of benzene rings is 2. The maximum Gasteiger partial charge on any atom is 0.261 e. The SMILES string of the molecule is CC[Si](CC)(CC)O[C@@H]([C@@H](C)CO)[C@@H](C)CO[Si](c1ccccc1)(c1ccccc1)C(C)(C)C. The van der Waals surface area contributed by atoms with Gasteiger partial charge in [-0.3, -0.25) is 0 Å². The lowest BCUT2D eigenvalue weighted by Gasteiger charge is -2.45. The smallest absolute Gasteiger partial charge is 0.261 e. The highest BCUT2D eigenvalue weighted by Gasteiger charge is 2.50.